The number of ether oxygens (including phenoxy) is 1. The highest BCUT2D eigenvalue weighted by Crippen LogP contribution is 2.13. The molecule has 0 aliphatic carbocycles. The first-order chi connectivity index (χ1) is 6.01. The normalized spacial score (nSPS) is 12.0. The first-order valence-corrected chi connectivity index (χ1v) is 4.43. The molecule has 0 atom stereocenters. The van der Waals surface area contributed by atoms with Gasteiger partial charge in [-0.05, 0) is 32.9 Å². The summed E-state index contributed by atoms with van der Waals surface area (Å²) in [6.45, 7) is 6.98. The van der Waals surface area contributed by atoms with Gasteiger partial charge in [-0.15, -0.1) is 0 Å². The van der Waals surface area contributed by atoms with Gasteiger partial charge >= 0.3 is 0 Å². The van der Waals surface area contributed by atoms with Crippen LogP contribution in [0.5, 0.6) is 0 Å². The van der Waals surface area contributed by atoms with Gasteiger partial charge in [0.05, 0.1) is 12.1 Å². The summed E-state index contributed by atoms with van der Waals surface area (Å²) < 4.78 is 10.9. The zero-order chi connectivity index (χ0) is 9.90. The molecule has 0 saturated heterocycles. The monoisotopic (exact) mass is 183 g/mol. The molecule has 0 unspecified atom stereocenters. The van der Waals surface area contributed by atoms with Crippen LogP contribution in [-0.4, -0.2) is 5.60 Å². The zero-order valence-corrected chi connectivity index (χ0v) is 8.46. The van der Waals surface area contributed by atoms with Crippen LogP contribution in [0, 0.1) is 0 Å². The number of rotatable bonds is 3. The van der Waals surface area contributed by atoms with Crippen molar-refractivity contribution in [1.82, 2.24) is 0 Å². The molecule has 1 rings (SSSR count). The molecule has 74 valence electrons. The average Bonchev–Trinajstić information content (AvgIpc) is 2.47. The van der Waals surface area contributed by atoms with Crippen LogP contribution in [0.2, 0.25) is 0 Å². The van der Waals surface area contributed by atoms with Crippen LogP contribution in [0.15, 0.2) is 16.5 Å². The predicted molar refractivity (Wildman–Crippen MR) is 51.1 cm³/mol. The fourth-order valence-electron chi connectivity index (χ4n) is 0.897. The Balaban J connectivity index is 2.46. The van der Waals surface area contributed by atoms with Crippen LogP contribution in [0.25, 0.3) is 0 Å². The molecule has 3 heteroatoms. The van der Waals surface area contributed by atoms with Crippen molar-refractivity contribution in [3.8, 4) is 0 Å². The summed E-state index contributed by atoms with van der Waals surface area (Å²) in [5.74, 6) is 1.63. The van der Waals surface area contributed by atoms with E-state index in [2.05, 4.69) is 0 Å². The lowest BCUT2D eigenvalue weighted by molar-refractivity contribution is -0.0227. The second-order valence-corrected chi connectivity index (χ2v) is 3.97. The minimum absolute atomic E-state index is 0.129. The standard InChI is InChI=1S/C10H17NO2/c1-10(2,3)12-7-9-5-4-8(6-11)13-9/h4-5H,6-7,11H2,1-3H3. The van der Waals surface area contributed by atoms with Gasteiger partial charge in [-0.3, -0.25) is 0 Å². The minimum atomic E-state index is -0.129. The van der Waals surface area contributed by atoms with Crippen molar-refractivity contribution < 1.29 is 9.15 Å². The van der Waals surface area contributed by atoms with Gasteiger partial charge in [0.2, 0.25) is 0 Å². The molecule has 0 saturated carbocycles. The average molecular weight is 183 g/mol. The molecule has 1 aromatic rings. The second kappa shape index (κ2) is 3.94. The van der Waals surface area contributed by atoms with Gasteiger partial charge in [0.25, 0.3) is 0 Å². The molecular weight excluding hydrogens is 166 g/mol. The molecule has 0 spiro atoms. The Hall–Kier alpha value is -0.800. The Kier molecular flexibility index (Phi) is 3.12. The van der Waals surface area contributed by atoms with Gasteiger partial charge in [-0.25, -0.2) is 0 Å². The molecule has 1 heterocycles. The third-order valence-corrected chi connectivity index (χ3v) is 1.57. The minimum Gasteiger partial charge on any atom is -0.462 e. The molecule has 1 aromatic heterocycles. The highest BCUT2D eigenvalue weighted by atomic mass is 16.5. The van der Waals surface area contributed by atoms with E-state index in [1.807, 2.05) is 32.9 Å². The Morgan fingerprint density at radius 2 is 1.92 bits per heavy atom. The Morgan fingerprint density at radius 3 is 2.38 bits per heavy atom. The number of nitrogens with two attached hydrogens (primary N) is 1. The molecule has 0 radical (unpaired) electrons. The third kappa shape index (κ3) is 3.61. The number of hydrogen-bond donors (Lipinski definition) is 1. The Labute approximate surface area is 78.9 Å². The first-order valence-electron chi connectivity index (χ1n) is 4.43. The Morgan fingerprint density at radius 1 is 1.31 bits per heavy atom. The van der Waals surface area contributed by atoms with Crippen LogP contribution < -0.4 is 5.73 Å². The number of furan rings is 1. The van der Waals surface area contributed by atoms with Crippen molar-refractivity contribution in [1.29, 1.82) is 0 Å². The Bertz CT molecular complexity index is 260. The predicted octanol–water partition coefficient (Wildman–Crippen LogP) is 2.05. The van der Waals surface area contributed by atoms with Gasteiger partial charge in [-0.1, -0.05) is 0 Å². The SMILES string of the molecule is CC(C)(C)OCc1ccc(CN)o1. The lowest BCUT2D eigenvalue weighted by Crippen LogP contribution is -2.18. The van der Waals surface area contributed by atoms with Crippen LogP contribution in [0.3, 0.4) is 0 Å². The molecule has 2 N–H and O–H groups in total. The summed E-state index contributed by atoms with van der Waals surface area (Å²) in [7, 11) is 0. The fraction of sp³-hybridized carbons (Fsp3) is 0.600. The quantitative estimate of drug-likeness (QED) is 0.780. The highest BCUT2D eigenvalue weighted by Gasteiger charge is 2.11. The van der Waals surface area contributed by atoms with Gasteiger partial charge < -0.3 is 14.9 Å². The summed E-state index contributed by atoms with van der Waals surface area (Å²) in [5.41, 5.74) is 5.28. The van der Waals surface area contributed by atoms with E-state index >= 15 is 0 Å². The molecule has 0 aromatic carbocycles. The third-order valence-electron chi connectivity index (χ3n) is 1.57. The lowest BCUT2D eigenvalue weighted by atomic mass is 10.2. The summed E-state index contributed by atoms with van der Waals surface area (Å²) in [6, 6.07) is 3.77. The summed E-state index contributed by atoms with van der Waals surface area (Å²) >= 11 is 0. The van der Waals surface area contributed by atoms with Crippen LogP contribution in [-0.2, 0) is 17.9 Å². The topological polar surface area (TPSA) is 48.4 Å². The number of hydrogen-bond acceptors (Lipinski definition) is 3. The van der Waals surface area contributed by atoms with E-state index in [4.69, 9.17) is 14.9 Å². The van der Waals surface area contributed by atoms with E-state index in [0.717, 1.165) is 11.5 Å². The molecule has 0 bridgehead atoms. The van der Waals surface area contributed by atoms with Gasteiger partial charge in [0.1, 0.15) is 18.1 Å². The molecule has 0 aliphatic rings. The summed E-state index contributed by atoms with van der Waals surface area (Å²) in [6.07, 6.45) is 0. The highest BCUT2D eigenvalue weighted by molar-refractivity contribution is 5.05. The second-order valence-electron chi connectivity index (χ2n) is 3.97. The van der Waals surface area contributed by atoms with E-state index < -0.39 is 0 Å². The van der Waals surface area contributed by atoms with Gasteiger partial charge in [-0.2, -0.15) is 0 Å². The van der Waals surface area contributed by atoms with Crippen molar-refractivity contribution in [3.63, 3.8) is 0 Å². The van der Waals surface area contributed by atoms with Crippen LogP contribution in [0.1, 0.15) is 32.3 Å². The van der Waals surface area contributed by atoms with Crippen molar-refractivity contribution >= 4 is 0 Å². The maximum Gasteiger partial charge on any atom is 0.129 e. The van der Waals surface area contributed by atoms with Crippen molar-refractivity contribution in [2.45, 2.75) is 39.5 Å². The molecule has 3 nitrogen and oxygen atoms in total. The summed E-state index contributed by atoms with van der Waals surface area (Å²) in [4.78, 5) is 0. The van der Waals surface area contributed by atoms with E-state index in [1.165, 1.54) is 0 Å². The van der Waals surface area contributed by atoms with E-state index in [-0.39, 0.29) is 5.60 Å². The molecule has 0 amide bonds. The first kappa shape index (κ1) is 10.3. The summed E-state index contributed by atoms with van der Waals surface area (Å²) in [5, 5.41) is 0. The fourth-order valence-corrected chi connectivity index (χ4v) is 0.897. The van der Waals surface area contributed by atoms with Crippen molar-refractivity contribution in [3.05, 3.63) is 23.7 Å². The smallest absolute Gasteiger partial charge is 0.129 e. The molecular formula is C10H17NO2. The largest absolute Gasteiger partial charge is 0.462 e. The van der Waals surface area contributed by atoms with E-state index in [0.29, 0.717) is 13.2 Å². The lowest BCUT2D eigenvalue weighted by Gasteiger charge is -2.18. The van der Waals surface area contributed by atoms with E-state index in [9.17, 15) is 0 Å². The van der Waals surface area contributed by atoms with Gasteiger partial charge in [0.15, 0.2) is 0 Å². The molecule has 0 fully saturated rings. The van der Waals surface area contributed by atoms with Crippen molar-refractivity contribution in [2.75, 3.05) is 0 Å². The van der Waals surface area contributed by atoms with Gasteiger partial charge in [0, 0.05) is 0 Å². The van der Waals surface area contributed by atoms with Crippen LogP contribution >= 0.6 is 0 Å². The van der Waals surface area contributed by atoms with Crippen LogP contribution in [0.4, 0.5) is 0 Å². The molecule has 0 aliphatic heterocycles. The zero-order valence-electron chi connectivity index (χ0n) is 8.46. The van der Waals surface area contributed by atoms with Crippen molar-refractivity contribution in [2.24, 2.45) is 5.73 Å². The maximum atomic E-state index is 5.54. The maximum absolute atomic E-state index is 5.54. The van der Waals surface area contributed by atoms with E-state index in [1.54, 1.807) is 0 Å². The molecule has 13 heavy (non-hydrogen) atoms.